The zero-order chi connectivity index (χ0) is 11.5. The molecule has 1 aromatic carbocycles. The van der Waals surface area contributed by atoms with Gasteiger partial charge in [0.1, 0.15) is 0 Å². The Morgan fingerprint density at radius 3 is 2.75 bits per heavy atom. The maximum Gasteiger partial charge on any atom is 0.0470 e. The highest BCUT2D eigenvalue weighted by atomic mass is 79.9. The smallest absolute Gasteiger partial charge is 0.0470 e. The van der Waals surface area contributed by atoms with Crippen LogP contribution in [0.5, 0.6) is 0 Å². The van der Waals surface area contributed by atoms with Gasteiger partial charge in [-0.15, -0.1) is 0 Å². The van der Waals surface area contributed by atoms with Crippen molar-refractivity contribution in [2.24, 2.45) is 0 Å². The number of aromatic amines is 1. The monoisotopic (exact) mass is 278 g/mol. The van der Waals surface area contributed by atoms with Crippen LogP contribution in [0.1, 0.15) is 11.3 Å². The van der Waals surface area contributed by atoms with Crippen LogP contribution < -0.4 is 5.32 Å². The van der Waals surface area contributed by atoms with Gasteiger partial charge in [-0.25, -0.2) is 0 Å². The second-order valence-electron chi connectivity index (χ2n) is 3.84. The van der Waals surface area contributed by atoms with E-state index in [0.29, 0.717) is 0 Å². The van der Waals surface area contributed by atoms with Gasteiger partial charge in [0.05, 0.1) is 0 Å². The molecule has 84 valence electrons. The summed E-state index contributed by atoms with van der Waals surface area (Å²) < 4.78 is 1.12. The molecule has 2 N–H and O–H groups in total. The van der Waals surface area contributed by atoms with Crippen LogP contribution >= 0.6 is 15.9 Å². The summed E-state index contributed by atoms with van der Waals surface area (Å²) in [6, 6.07) is 10.4. The lowest BCUT2D eigenvalue weighted by Crippen LogP contribution is -2.04. The van der Waals surface area contributed by atoms with E-state index >= 15 is 0 Å². The third-order valence-electron chi connectivity index (χ3n) is 2.65. The normalized spacial score (nSPS) is 10.7. The maximum absolute atomic E-state index is 3.57. The zero-order valence-electron chi connectivity index (χ0n) is 9.47. The van der Waals surface area contributed by atoms with Crippen molar-refractivity contribution in [2.45, 2.75) is 13.5 Å². The molecular formula is C13H15BrN2. The van der Waals surface area contributed by atoms with Crippen LogP contribution in [0.4, 0.5) is 0 Å². The van der Waals surface area contributed by atoms with Crippen molar-refractivity contribution in [3.63, 3.8) is 0 Å². The Bertz CT molecular complexity index is 488. The van der Waals surface area contributed by atoms with E-state index in [1.807, 2.05) is 19.2 Å². The fraction of sp³-hybridized carbons (Fsp3) is 0.231. The van der Waals surface area contributed by atoms with E-state index in [0.717, 1.165) is 16.7 Å². The van der Waals surface area contributed by atoms with Crippen molar-refractivity contribution in [1.29, 1.82) is 0 Å². The molecule has 2 aromatic rings. The first-order valence-corrected chi connectivity index (χ1v) is 6.09. The molecule has 0 aliphatic carbocycles. The molecule has 2 rings (SSSR count). The molecule has 1 aromatic heterocycles. The summed E-state index contributed by atoms with van der Waals surface area (Å²) in [4.78, 5) is 3.42. The van der Waals surface area contributed by atoms with Crippen molar-refractivity contribution in [1.82, 2.24) is 10.3 Å². The number of rotatable bonds is 3. The number of aromatic nitrogens is 1. The summed E-state index contributed by atoms with van der Waals surface area (Å²) in [6.07, 6.45) is 0. The molecule has 0 atom stereocenters. The molecule has 0 fully saturated rings. The van der Waals surface area contributed by atoms with E-state index in [2.05, 4.69) is 51.4 Å². The number of H-pyrrole nitrogens is 1. The second-order valence-corrected chi connectivity index (χ2v) is 4.70. The SMILES string of the molecule is CNCc1cc(-c2ccccc2Br)[nH]c1C. The van der Waals surface area contributed by atoms with Crippen LogP contribution in [0.2, 0.25) is 0 Å². The molecule has 16 heavy (non-hydrogen) atoms. The first-order chi connectivity index (χ1) is 7.72. The van der Waals surface area contributed by atoms with Crippen LogP contribution in [0.3, 0.4) is 0 Å². The minimum absolute atomic E-state index is 0.896. The maximum atomic E-state index is 3.57. The largest absolute Gasteiger partial charge is 0.358 e. The Balaban J connectivity index is 2.42. The van der Waals surface area contributed by atoms with Gasteiger partial charge in [0.25, 0.3) is 0 Å². The van der Waals surface area contributed by atoms with Gasteiger partial charge >= 0.3 is 0 Å². The standard InChI is InChI=1S/C13H15BrN2/c1-9-10(8-15-2)7-13(16-9)11-5-3-4-6-12(11)14/h3-7,15-16H,8H2,1-2H3. The molecule has 0 aliphatic heterocycles. The first kappa shape index (κ1) is 11.4. The summed E-state index contributed by atoms with van der Waals surface area (Å²) in [5.41, 5.74) is 4.90. The van der Waals surface area contributed by atoms with Crippen LogP contribution in [-0.4, -0.2) is 12.0 Å². The van der Waals surface area contributed by atoms with Gasteiger partial charge in [0.15, 0.2) is 0 Å². The summed E-state index contributed by atoms with van der Waals surface area (Å²) in [7, 11) is 1.96. The van der Waals surface area contributed by atoms with E-state index < -0.39 is 0 Å². The lowest BCUT2D eigenvalue weighted by Gasteiger charge is -2.00. The fourth-order valence-electron chi connectivity index (χ4n) is 1.80. The lowest BCUT2D eigenvalue weighted by atomic mass is 10.1. The Kier molecular flexibility index (Phi) is 3.46. The van der Waals surface area contributed by atoms with Crippen molar-refractivity contribution in [3.05, 3.63) is 46.1 Å². The Labute approximate surface area is 104 Å². The highest BCUT2D eigenvalue weighted by Crippen LogP contribution is 2.28. The van der Waals surface area contributed by atoms with Crippen LogP contribution in [0, 0.1) is 6.92 Å². The van der Waals surface area contributed by atoms with E-state index in [9.17, 15) is 0 Å². The highest BCUT2D eigenvalue weighted by molar-refractivity contribution is 9.10. The number of nitrogens with one attached hydrogen (secondary N) is 2. The Hall–Kier alpha value is -1.06. The van der Waals surface area contributed by atoms with Crippen molar-refractivity contribution < 1.29 is 0 Å². The number of aryl methyl sites for hydroxylation is 1. The topological polar surface area (TPSA) is 27.8 Å². The van der Waals surface area contributed by atoms with Crippen molar-refractivity contribution in [2.75, 3.05) is 7.05 Å². The van der Waals surface area contributed by atoms with Gasteiger partial charge in [-0.3, -0.25) is 0 Å². The molecule has 1 heterocycles. The van der Waals surface area contributed by atoms with Crippen LogP contribution in [0.25, 0.3) is 11.3 Å². The molecule has 0 saturated heterocycles. The van der Waals surface area contributed by atoms with Crippen LogP contribution in [0.15, 0.2) is 34.8 Å². The molecule has 0 spiro atoms. The number of halogens is 1. The average Bonchev–Trinajstić information content (AvgIpc) is 2.61. The van der Waals surface area contributed by atoms with Gasteiger partial charge in [-0.1, -0.05) is 34.1 Å². The molecule has 0 unspecified atom stereocenters. The van der Waals surface area contributed by atoms with Gasteiger partial charge in [0.2, 0.25) is 0 Å². The van der Waals surface area contributed by atoms with Gasteiger partial charge in [-0.05, 0) is 31.7 Å². The molecule has 0 amide bonds. The summed E-state index contributed by atoms with van der Waals surface area (Å²) in [6.45, 7) is 3.00. The average molecular weight is 279 g/mol. The number of hydrogen-bond donors (Lipinski definition) is 2. The minimum atomic E-state index is 0.896. The first-order valence-electron chi connectivity index (χ1n) is 5.30. The quantitative estimate of drug-likeness (QED) is 0.884. The van der Waals surface area contributed by atoms with Crippen molar-refractivity contribution >= 4 is 15.9 Å². The number of benzene rings is 1. The van der Waals surface area contributed by atoms with Gasteiger partial charge < -0.3 is 10.3 Å². The van der Waals surface area contributed by atoms with E-state index in [1.165, 1.54) is 16.8 Å². The van der Waals surface area contributed by atoms with Gasteiger partial charge in [-0.2, -0.15) is 0 Å². The van der Waals surface area contributed by atoms with Crippen molar-refractivity contribution in [3.8, 4) is 11.3 Å². The van der Waals surface area contributed by atoms with E-state index in [4.69, 9.17) is 0 Å². The second kappa shape index (κ2) is 4.85. The molecule has 0 radical (unpaired) electrons. The predicted molar refractivity (Wildman–Crippen MR) is 71.4 cm³/mol. The molecular weight excluding hydrogens is 264 g/mol. The third kappa shape index (κ3) is 2.20. The van der Waals surface area contributed by atoms with Crippen LogP contribution in [-0.2, 0) is 6.54 Å². The molecule has 0 saturated carbocycles. The molecule has 2 nitrogen and oxygen atoms in total. The molecule has 0 bridgehead atoms. The third-order valence-corrected chi connectivity index (χ3v) is 3.35. The minimum Gasteiger partial charge on any atom is -0.358 e. The molecule has 0 aliphatic rings. The summed E-state index contributed by atoms with van der Waals surface area (Å²) in [5.74, 6) is 0. The summed E-state index contributed by atoms with van der Waals surface area (Å²) in [5, 5.41) is 3.17. The summed E-state index contributed by atoms with van der Waals surface area (Å²) >= 11 is 3.57. The fourth-order valence-corrected chi connectivity index (χ4v) is 2.30. The molecule has 3 heteroatoms. The Morgan fingerprint density at radius 2 is 2.06 bits per heavy atom. The lowest BCUT2D eigenvalue weighted by molar-refractivity contribution is 0.812. The van der Waals surface area contributed by atoms with E-state index in [-0.39, 0.29) is 0 Å². The van der Waals surface area contributed by atoms with E-state index in [1.54, 1.807) is 0 Å². The Morgan fingerprint density at radius 1 is 1.31 bits per heavy atom. The van der Waals surface area contributed by atoms with Gasteiger partial charge in [0, 0.05) is 28.0 Å². The number of hydrogen-bond acceptors (Lipinski definition) is 1. The highest BCUT2D eigenvalue weighted by Gasteiger charge is 2.07. The zero-order valence-corrected chi connectivity index (χ0v) is 11.1. The predicted octanol–water partition coefficient (Wildman–Crippen LogP) is 3.47.